The average Bonchev–Trinajstić information content (AvgIpc) is 2.82. The molecule has 3 aromatic rings. The molecule has 154 valence electrons. The molecular formula is C26H28N2O2. The Hall–Kier alpha value is -2.50. The number of aliphatic hydroxyl groups is 2. The highest BCUT2D eigenvalue weighted by atomic mass is 16.3. The van der Waals surface area contributed by atoms with E-state index in [4.69, 9.17) is 0 Å². The first-order chi connectivity index (χ1) is 14.8. The van der Waals surface area contributed by atoms with Crippen LogP contribution < -0.4 is 10.6 Å². The lowest BCUT2D eigenvalue weighted by Crippen LogP contribution is -2.43. The van der Waals surface area contributed by atoms with Gasteiger partial charge in [0.25, 0.3) is 0 Å². The van der Waals surface area contributed by atoms with Crippen LogP contribution in [0.25, 0.3) is 0 Å². The number of hydrogen-bond donors (Lipinski definition) is 4. The van der Waals surface area contributed by atoms with Gasteiger partial charge in [0.2, 0.25) is 0 Å². The van der Waals surface area contributed by atoms with Crippen molar-refractivity contribution in [2.45, 2.75) is 37.0 Å². The van der Waals surface area contributed by atoms with Crippen molar-refractivity contribution < 1.29 is 10.2 Å². The van der Waals surface area contributed by atoms with Crippen LogP contribution in [0.2, 0.25) is 0 Å². The molecule has 3 aromatic carbocycles. The monoisotopic (exact) mass is 400 g/mol. The summed E-state index contributed by atoms with van der Waals surface area (Å²) in [5, 5.41) is 26.9. The topological polar surface area (TPSA) is 64.5 Å². The second-order valence-corrected chi connectivity index (χ2v) is 8.43. The normalized spacial score (nSPS) is 25.4. The third kappa shape index (κ3) is 3.57. The molecule has 4 atom stereocenters. The van der Waals surface area contributed by atoms with Crippen molar-refractivity contribution in [2.75, 3.05) is 13.2 Å². The SMILES string of the molecule is OC[C@@H]1Cc2ccccc2[C@@H](c2cccc([C@H]3N[C@H](CO)Cc4ccccc43)c2)N1. The van der Waals surface area contributed by atoms with Gasteiger partial charge in [-0.15, -0.1) is 0 Å². The Morgan fingerprint density at radius 2 is 1.10 bits per heavy atom. The molecule has 0 unspecified atom stereocenters. The molecule has 0 saturated heterocycles. The van der Waals surface area contributed by atoms with Crippen LogP contribution >= 0.6 is 0 Å². The molecule has 0 bridgehead atoms. The standard InChI is InChI=1S/C26H28N2O2/c29-15-21-13-17-6-1-3-10-23(17)25(27-21)19-8-5-9-20(12-19)26-24-11-4-2-7-18(24)14-22(16-30)28-26/h1-12,21-22,25-30H,13-16H2/t21-,22-,25+,26+/m0/s1. The highest BCUT2D eigenvalue weighted by Gasteiger charge is 2.29. The van der Waals surface area contributed by atoms with Crippen molar-refractivity contribution in [3.8, 4) is 0 Å². The van der Waals surface area contributed by atoms with Crippen molar-refractivity contribution in [2.24, 2.45) is 0 Å². The Morgan fingerprint density at radius 1 is 0.633 bits per heavy atom. The van der Waals surface area contributed by atoms with Crippen molar-refractivity contribution >= 4 is 0 Å². The van der Waals surface area contributed by atoms with Gasteiger partial charge in [-0.25, -0.2) is 0 Å². The lowest BCUT2D eigenvalue weighted by atomic mass is 9.83. The highest BCUT2D eigenvalue weighted by Crippen LogP contribution is 2.35. The molecule has 30 heavy (non-hydrogen) atoms. The first-order valence-corrected chi connectivity index (χ1v) is 10.8. The van der Waals surface area contributed by atoms with Gasteiger partial charge >= 0.3 is 0 Å². The Kier molecular flexibility index (Phi) is 5.40. The van der Waals surface area contributed by atoms with E-state index < -0.39 is 0 Å². The zero-order valence-corrected chi connectivity index (χ0v) is 17.0. The molecule has 4 nitrogen and oxygen atoms in total. The van der Waals surface area contributed by atoms with Crippen molar-refractivity contribution in [3.05, 3.63) is 106 Å². The molecule has 0 fully saturated rings. The van der Waals surface area contributed by atoms with Crippen LogP contribution in [0, 0.1) is 0 Å². The quantitative estimate of drug-likeness (QED) is 0.544. The van der Waals surface area contributed by atoms with Gasteiger partial charge in [-0.1, -0.05) is 72.8 Å². The van der Waals surface area contributed by atoms with Gasteiger partial charge in [0.1, 0.15) is 0 Å². The maximum absolute atomic E-state index is 9.81. The maximum Gasteiger partial charge on any atom is 0.0588 e. The number of rotatable bonds is 4. The van der Waals surface area contributed by atoms with Gasteiger partial charge in [-0.2, -0.15) is 0 Å². The van der Waals surface area contributed by atoms with E-state index in [-0.39, 0.29) is 37.4 Å². The third-order valence-electron chi connectivity index (χ3n) is 6.49. The van der Waals surface area contributed by atoms with Crippen LogP contribution in [-0.4, -0.2) is 35.5 Å². The molecule has 4 N–H and O–H groups in total. The van der Waals surface area contributed by atoms with E-state index >= 15 is 0 Å². The Morgan fingerprint density at radius 3 is 1.57 bits per heavy atom. The summed E-state index contributed by atoms with van der Waals surface area (Å²) < 4.78 is 0. The van der Waals surface area contributed by atoms with Crippen molar-refractivity contribution in [1.29, 1.82) is 0 Å². The van der Waals surface area contributed by atoms with Gasteiger partial charge in [-0.05, 0) is 46.2 Å². The van der Waals surface area contributed by atoms with E-state index in [0.29, 0.717) is 0 Å². The highest BCUT2D eigenvalue weighted by molar-refractivity contribution is 5.45. The first-order valence-electron chi connectivity index (χ1n) is 10.8. The Bertz CT molecular complexity index is 956. The van der Waals surface area contributed by atoms with Gasteiger partial charge in [-0.3, -0.25) is 0 Å². The predicted molar refractivity (Wildman–Crippen MR) is 118 cm³/mol. The van der Waals surface area contributed by atoms with Crippen LogP contribution in [0.4, 0.5) is 0 Å². The van der Waals surface area contributed by atoms with E-state index in [1.165, 1.54) is 33.4 Å². The number of nitrogens with one attached hydrogen (secondary N) is 2. The summed E-state index contributed by atoms with van der Waals surface area (Å²) in [4.78, 5) is 0. The summed E-state index contributed by atoms with van der Waals surface area (Å²) >= 11 is 0. The molecule has 2 aliphatic rings. The molecular weight excluding hydrogens is 372 g/mol. The third-order valence-corrected chi connectivity index (χ3v) is 6.49. The number of hydrogen-bond acceptors (Lipinski definition) is 4. The summed E-state index contributed by atoms with van der Waals surface area (Å²) in [6.07, 6.45) is 1.69. The van der Waals surface area contributed by atoms with Crippen LogP contribution in [0.15, 0.2) is 72.8 Å². The molecule has 0 radical (unpaired) electrons. The predicted octanol–water partition coefficient (Wildman–Crippen LogP) is 2.88. The zero-order chi connectivity index (χ0) is 20.5. The van der Waals surface area contributed by atoms with Crippen molar-refractivity contribution in [3.63, 3.8) is 0 Å². The van der Waals surface area contributed by atoms with Crippen LogP contribution in [0.1, 0.15) is 45.5 Å². The Balaban J connectivity index is 1.54. The second-order valence-electron chi connectivity index (χ2n) is 8.43. The average molecular weight is 401 g/mol. The lowest BCUT2D eigenvalue weighted by molar-refractivity contribution is 0.228. The fourth-order valence-electron chi connectivity index (χ4n) is 5.01. The van der Waals surface area contributed by atoms with Crippen LogP contribution in [0.3, 0.4) is 0 Å². The van der Waals surface area contributed by atoms with E-state index in [0.717, 1.165) is 12.8 Å². The number of benzene rings is 3. The summed E-state index contributed by atoms with van der Waals surface area (Å²) in [7, 11) is 0. The minimum atomic E-state index is 0.0551. The number of aliphatic hydroxyl groups excluding tert-OH is 2. The molecule has 0 amide bonds. The van der Waals surface area contributed by atoms with Crippen LogP contribution in [-0.2, 0) is 12.8 Å². The van der Waals surface area contributed by atoms with Gasteiger partial charge in [0, 0.05) is 12.1 Å². The molecule has 0 spiro atoms. The van der Waals surface area contributed by atoms with Gasteiger partial charge in [0.15, 0.2) is 0 Å². The molecule has 2 heterocycles. The van der Waals surface area contributed by atoms with Crippen LogP contribution in [0.5, 0.6) is 0 Å². The lowest BCUT2D eigenvalue weighted by Gasteiger charge is -2.35. The summed E-state index contributed by atoms with van der Waals surface area (Å²) in [6.45, 7) is 0.251. The van der Waals surface area contributed by atoms with Gasteiger partial charge in [0.05, 0.1) is 25.3 Å². The van der Waals surface area contributed by atoms with E-state index in [9.17, 15) is 10.2 Å². The number of fused-ring (bicyclic) bond motifs is 2. The largest absolute Gasteiger partial charge is 0.395 e. The fraction of sp³-hybridized carbons (Fsp3) is 0.308. The molecule has 0 aliphatic carbocycles. The minimum Gasteiger partial charge on any atom is -0.395 e. The summed E-state index contributed by atoms with van der Waals surface area (Å²) in [5.41, 5.74) is 7.56. The molecule has 0 saturated carbocycles. The molecule has 5 rings (SSSR count). The second kappa shape index (κ2) is 8.32. The molecule has 0 aromatic heterocycles. The minimum absolute atomic E-state index is 0.0551. The maximum atomic E-state index is 9.81. The molecule has 4 heteroatoms. The van der Waals surface area contributed by atoms with Crippen molar-refractivity contribution in [1.82, 2.24) is 10.6 Å². The van der Waals surface area contributed by atoms with E-state index in [1.807, 2.05) is 0 Å². The first kappa shape index (κ1) is 19.5. The smallest absolute Gasteiger partial charge is 0.0588 e. The van der Waals surface area contributed by atoms with E-state index in [2.05, 4.69) is 83.4 Å². The van der Waals surface area contributed by atoms with E-state index in [1.54, 1.807) is 0 Å². The summed E-state index contributed by atoms with van der Waals surface area (Å²) in [5.74, 6) is 0. The molecule has 2 aliphatic heterocycles. The summed E-state index contributed by atoms with van der Waals surface area (Å²) in [6, 6.07) is 25.9. The van der Waals surface area contributed by atoms with Gasteiger partial charge < -0.3 is 20.8 Å². The fourth-order valence-corrected chi connectivity index (χ4v) is 5.01. The Labute approximate surface area is 177 Å². The zero-order valence-electron chi connectivity index (χ0n) is 17.0.